The molecular formula is C19H24FNO3S2. The summed E-state index contributed by atoms with van der Waals surface area (Å²) in [6.45, 7) is 6.24. The number of thioether (sulfide) groups is 2. The third-order valence-electron chi connectivity index (χ3n) is 4.61. The number of carbonyl (C=O) groups is 1. The number of rotatable bonds is 2. The maximum atomic E-state index is 14.6. The molecule has 1 fully saturated rings. The Labute approximate surface area is 162 Å². The molecule has 0 saturated carbocycles. The molecule has 1 N–H and O–H groups in total. The summed E-state index contributed by atoms with van der Waals surface area (Å²) < 4.78 is 19.1. The van der Waals surface area contributed by atoms with E-state index in [1.54, 1.807) is 23.1 Å². The van der Waals surface area contributed by atoms with Crippen molar-refractivity contribution in [1.29, 1.82) is 0 Å². The first kappa shape index (κ1) is 19.6. The van der Waals surface area contributed by atoms with Gasteiger partial charge in [-0.1, -0.05) is 18.2 Å². The van der Waals surface area contributed by atoms with E-state index in [4.69, 9.17) is 4.74 Å². The minimum absolute atomic E-state index is 0.320. The Morgan fingerprint density at radius 1 is 1.19 bits per heavy atom. The van der Waals surface area contributed by atoms with Gasteiger partial charge in [0.1, 0.15) is 15.5 Å². The van der Waals surface area contributed by atoms with Crippen molar-refractivity contribution in [3.8, 4) is 0 Å². The Kier molecular flexibility index (Phi) is 5.34. The molecule has 1 aromatic carbocycles. The van der Waals surface area contributed by atoms with Crippen LogP contribution in [0.15, 0.2) is 35.1 Å². The van der Waals surface area contributed by atoms with E-state index in [0.29, 0.717) is 31.5 Å². The van der Waals surface area contributed by atoms with E-state index in [0.717, 1.165) is 0 Å². The largest absolute Gasteiger partial charge is 0.444 e. The van der Waals surface area contributed by atoms with Gasteiger partial charge in [0, 0.05) is 18.7 Å². The van der Waals surface area contributed by atoms with E-state index in [2.05, 4.69) is 0 Å². The molecular weight excluding hydrogens is 373 g/mol. The van der Waals surface area contributed by atoms with Gasteiger partial charge in [0.25, 0.3) is 0 Å². The number of likely N-dealkylation sites (tertiary alicyclic amines) is 1. The van der Waals surface area contributed by atoms with Crippen LogP contribution in [-0.2, 0) is 8.82 Å². The Bertz CT molecular complexity index is 701. The molecule has 0 bridgehead atoms. The quantitative estimate of drug-likeness (QED) is 0.784. The van der Waals surface area contributed by atoms with Gasteiger partial charge in [-0.25, -0.2) is 9.18 Å². The maximum Gasteiger partial charge on any atom is 0.410 e. The Hall–Kier alpha value is -1.18. The van der Waals surface area contributed by atoms with Crippen molar-refractivity contribution in [1.82, 2.24) is 4.90 Å². The Balaban J connectivity index is 1.80. The minimum Gasteiger partial charge on any atom is -0.444 e. The fourth-order valence-electron chi connectivity index (χ4n) is 3.31. The van der Waals surface area contributed by atoms with Crippen LogP contribution in [0.4, 0.5) is 9.18 Å². The van der Waals surface area contributed by atoms with Crippen molar-refractivity contribution in [2.75, 3.05) is 13.1 Å². The lowest BCUT2D eigenvalue weighted by atomic mass is 9.84. The lowest BCUT2D eigenvalue weighted by Gasteiger charge is -2.48. The molecule has 1 aromatic rings. The predicted octanol–water partition coefficient (Wildman–Crippen LogP) is 4.69. The first-order valence-corrected chi connectivity index (χ1v) is 10.4. The molecule has 2 aliphatic rings. The highest BCUT2D eigenvalue weighted by Crippen LogP contribution is 2.61. The van der Waals surface area contributed by atoms with Crippen LogP contribution in [0.1, 0.15) is 39.2 Å². The highest BCUT2D eigenvalue weighted by Gasteiger charge is 2.56. The number of carbonyl (C=O) groups excluding carboxylic acids is 1. The molecule has 0 aromatic heterocycles. The highest BCUT2D eigenvalue weighted by atomic mass is 32.2. The smallest absolute Gasteiger partial charge is 0.410 e. The van der Waals surface area contributed by atoms with E-state index >= 15 is 0 Å². The first-order valence-electron chi connectivity index (χ1n) is 8.63. The number of nitrogens with zero attached hydrogens (tertiary/aromatic N) is 1. The molecule has 0 atom stereocenters. The highest BCUT2D eigenvalue weighted by molar-refractivity contribution is 8.23. The average Bonchev–Trinajstić information content (AvgIpc) is 3.05. The summed E-state index contributed by atoms with van der Waals surface area (Å²) in [5, 5.41) is 15.3. The van der Waals surface area contributed by atoms with Gasteiger partial charge < -0.3 is 14.7 Å². The van der Waals surface area contributed by atoms with E-state index in [1.807, 2.05) is 31.6 Å². The van der Waals surface area contributed by atoms with Crippen molar-refractivity contribution >= 4 is 29.6 Å². The van der Waals surface area contributed by atoms with Gasteiger partial charge >= 0.3 is 6.09 Å². The molecule has 1 amide bonds. The van der Waals surface area contributed by atoms with Gasteiger partial charge in [0.2, 0.25) is 0 Å². The molecule has 0 spiro atoms. The van der Waals surface area contributed by atoms with Crippen LogP contribution in [0.5, 0.6) is 0 Å². The third-order valence-corrected chi connectivity index (χ3v) is 7.76. The predicted molar refractivity (Wildman–Crippen MR) is 104 cm³/mol. The number of halogens is 1. The summed E-state index contributed by atoms with van der Waals surface area (Å²) in [5.74, 6) is -0.320. The zero-order valence-corrected chi connectivity index (χ0v) is 16.8. The normalized spacial score (nSPS) is 21.7. The Morgan fingerprint density at radius 3 is 2.31 bits per heavy atom. The van der Waals surface area contributed by atoms with Crippen LogP contribution in [0.3, 0.4) is 0 Å². The van der Waals surface area contributed by atoms with Gasteiger partial charge in [0.05, 0.1) is 5.60 Å². The molecule has 3 rings (SSSR count). The molecule has 0 radical (unpaired) electrons. The van der Waals surface area contributed by atoms with Crippen LogP contribution >= 0.6 is 23.5 Å². The summed E-state index contributed by atoms with van der Waals surface area (Å²) in [6.07, 6.45) is 0.356. The van der Waals surface area contributed by atoms with Crippen LogP contribution in [0.2, 0.25) is 0 Å². The standard InChI is InChI=1S/C19H24FNO3S2/c1-17(2,3)24-16(22)21-10-8-18(23,9-11-21)19(25-12-13-26-19)14-6-4-5-7-15(14)20/h4-7,12-13,23H,8-11H2,1-3H3. The number of hydrogen-bond acceptors (Lipinski definition) is 5. The zero-order valence-electron chi connectivity index (χ0n) is 15.2. The minimum atomic E-state index is -1.13. The van der Waals surface area contributed by atoms with Crippen molar-refractivity contribution in [3.63, 3.8) is 0 Å². The van der Waals surface area contributed by atoms with Gasteiger partial charge in [-0.3, -0.25) is 0 Å². The topological polar surface area (TPSA) is 49.8 Å². The van der Waals surface area contributed by atoms with Crippen molar-refractivity contribution < 1.29 is 19.0 Å². The average molecular weight is 398 g/mol. The molecule has 0 unspecified atom stereocenters. The number of hydrogen-bond donors (Lipinski definition) is 1. The lowest BCUT2D eigenvalue weighted by molar-refractivity contribution is -0.0397. The summed E-state index contributed by atoms with van der Waals surface area (Å²) >= 11 is 2.88. The van der Waals surface area contributed by atoms with Crippen LogP contribution < -0.4 is 0 Å². The molecule has 0 aliphatic carbocycles. The molecule has 4 nitrogen and oxygen atoms in total. The molecule has 7 heteroatoms. The van der Waals surface area contributed by atoms with Gasteiger partial charge in [-0.15, -0.1) is 23.5 Å². The molecule has 142 valence electrons. The van der Waals surface area contributed by atoms with Crippen LogP contribution in [0, 0.1) is 5.82 Å². The summed E-state index contributed by atoms with van der Waals surface area (Å²) in [6, 6.07) is 6.61. The van der Waals surface area contributed by atoms with E-state index in [9.17, 15) is 14.3 Å². The number of ether oxygens (including phenoxy) is 1. The van der Waals surface area contributed by atoms with Crippen LogP contribution in [-0.4, -0.2) is 40.4 Å². The molecule has 26 heavy (non-hydrogen) atoms. The summed E-state index contributed by atoms with van der Waals surface area (Å²) in [7, 11) is 0. The zero-order chi connectivity index (χ0) is 19.0. The van der Waals surface area contributed by atoms with Gasteiger partial charge in [0.15, 0.2) is 0 Å². The summed E-state index contributed by atoms with van der Waals surface area (Å²) in [5.41, 5.74) is -1.19. The second kappa shape index (κ2) is 7.09. The van der Waals surface area contributed by atoms with Gasteiger partial charge in [-0.2, -0.15) is 0 Å². The van der Waals surface area contributed by atoms with E-state index in [1.165, 1.54) is 29.6 Å². The lowest BCUT2D eigenvalue weighted by Crippen LogP contribution is -2.55. The van der Waals surface area contributed by atoms with Crippen molar-refractivity contribution in [2.45, 2.75) is 48.9 Å². The van der Waals surface area contributed by atoms with Crippen molar-refractivity contribution in [2.24, 2.45) is 0 Å². The number of aliphatic hydroxyl groups is 1. The number of piperidine rings is 1. The fourth-order valence-corrected chi connectivity index (χ4v) is 6.13. The Morgan fingerprint density at radius 2 is 1.77 bits per heavy atom. The molecule has 2 heterocycles. The van der Waals surface area contributed by atoms with E-state index in [-0.39, 0.29) is 11.9 Å². The maximum absolute atomic E-state index is 14.6. The van der Waals surface area contributed by atoms with E-state index < -0.39 is 15.3 Å². The first-order chi connectivity index (χ1) is 12.2. The number of amides is 1. The monoisotopic (exact) mass is 397 g/mol. The van der Waals surface area contributed by atoms with Crippen molar-refractivity contribution in [3.05, 3.63) is 46.5 Å². The molecule has 2 aliphatic heterocycles. The fraction of sp³-hybridized carbons (Fsp3) is 0.526. The van der Waals surface area contributed by atoms with Crippen LogP contribution in [0.25, 0.3) is 0 Å². The second-order valence-electron chi connectivity index (χ2n) is 7.60. The SMILES string of the molecule is CC(C)(C)OC(=O)N1CCC(O)(C2(c3ccccc3F)SC=CS2)CC1. The second-order valence-corrected chi connectivity index (χ2v) is 10.1. The third kappa shape index (κ3) is 3.62. The number of benzene rings is 1. The molecule has 1 saturated heterocycles. The van der Waals surface area contributed by atoms with Gasteiger partial charge in [-0.05, 0) is 50.5 Å². The summed E-state index contributed by atoms with van der Waals surface area (Å²) in [4.78, 5) is 13.9.